The Labute approximate surface area is 103 Å². The highest BCUT2D eigenvalue weighted by molar-refractivity contribution is 5.30. The fourth-order valence-corrected chi connectivity index (χ4v) is 3.53. The Morgan fingerprint density at radius 2 is 2.18 bits per heavy atom. The van der Waals surface area contributed by atoms with Crippen LogP contribution < -0.4 is 0 Å². The Morgan fingerprint density at radius 3 is 3.00 bits per heavy atom. The molecular formula is C15H21NO. The largest absolute Gasteiger partial charge is 0.383 e. The molecule has 0 unspecified atom stereocenters. The van der Waals surface area contributed by atoms with E-state index >= 15 is 0 Å². The summed E-state index contributed by atoms with van der Waals surface area (Å²) in [5.41, 5.74) is 1.75. The number of benzene rings is 1. The van der Waals surface area contributed by atoms with Gasteiger partial charge in [0.1, 0.15) is 5.60 Å². The SMILES string of the molecule is Cc1cccc([C@]2(O)CCN3CCCC[C@H]32)c1. The van der Waals surface area contributed by atoms with Crippen LogP contribution in [-0.2, 0) is 5.60 Å². The first-order valence-corrected chi connectivity index (χ1v) is 6.74. The van der Waals surface area contributed by atoms with Gasteiger partial charge in [-0.15, -0.1) is 0 Å². The molecule has 3 rings (SSSR count). The number of rotatable bonds is 1. The smallest absolute Gasteiger partial charge is 0.106 e. The molecule has 0 radical (unpaired) electrons. The van der Waals surface area contributed by atoms with E-state index in [2.05, 4.69) is 36.1 Å². The van der Waals surface area contributed by atoms with Gasteiger partial charge >= 0.3 is 0 Å². The van der Waals surface area contributed by atoms with E-state index in [1.165, 1.54) is 24.9 Å². The van der Waals surface area contributed by atoms with Gasteiger partial charge in [0.05, 0.1) is 0 Å². The summed E-state index contributed by atoms with van der Waals surface area (Å²) in [6.45, 7) is 4.31. The van der Waals surface area contributed by atoms with Gasteiger partial charge in [0.15, 0.2) is 0 Å². The molecule has 0 aromatic heterocycles. The lowest BCUT2D eigenvalue weighted by Gasteiger charge is -2.37. The maximum absolute atomic E-state index is 11.0. The molecule has 0 amide bonds. The van der Waals surface area contributed by atoms with E-state index in [4.69, 9.17) is 0 Å². The second-order valence-electron chi connectivity index (χ2n) is 5.59. The van der Waals surface area contributed by atoms with E-state index in [1.807, 2.05) is 0 Å². The van der Waals surface area contributed by atoms with Gasteiger partial charge in [0.2, 0.25) is 0 Å². The molecule has 2 aliphatic heterocycles. The molecule has 2 aliphatic rings. The minimum atomic E-state index is -0.605. The maximum Gasteiger partial charge on any atom is 0.106 e. The van der Waals surface area contributed by atoms with Crippen LogP contribution >= 0.6 is 0 Å². The molecule has 2 fully saturated rings. The van der Waals surface area contributed by atoms with Crippen molar-refractivity contribution >= 4 is 0 Å². The molecule has 2 heterocycles. The average molecular weight is 231 g/mol. The summed E-state index contributed by atoms with van der Waals surface area (Å²) in [5.74, 6) is 0. The number of hydrogen-bond acceptors (Lipinski definition) is 2. The Kier molecular flexibility index (Phi) is 2.72. The molecular weight excluding hydrogens is 210 g/mol. The summed E-state index contributed by atoms with van der Waals surface area (Å²) in [5, 5.41) is 11.0. The molecule has 1 aromatic rings. The van der Waals surface area contributed by atoms with Gasteiger partial charge in [-0.1, -0.05) is 36.2 Å². The summed E-state index contributed by atoms with van der Waals surface area (Å²) in [7, 11) is 0. The highest BCUT2D eigenvalue weighted by atomic mass is 16.3. The molecule has 2 saturated heterocycles. The van der Waals surface area contributed by atoms with Crippen molar-refractivity contribution in [2.45, 2.75) is 44.2 Å². The third-order valence-electron chi connectivity index (χ3n) is 4.46. The van der Waals surface area contributed by atoms with E-state index in [0.29, 0.717) is 6.04 Å². The summed E-state index contributed by atoms with van der Waals surface area (Å²) in [4.78, 5) is 2.48. The maximum atomic E-state index is 11.0. The van der Waals surface area contributed by atoms with Crippen LogP contribution in [0.4, 0.5) is 0 Å². The van der Waals surface area contributed by atoms with Crippen molar-refractivity contribution in [3.05, 3.63) is 35.4 Å². The third-order valence-corrected chi connectivity index (χ3v) is 4.46. The van der Waals surface area contributed by atoms with Gasteiger partial charge in [-0.3, -0.25) is 4.90 Å². The van der Waals surface area contributed by atoms with Crippen molar-refractivity contribution in [2.24, 2.45) is 0 Å². The van der Waals surface area contributed by atoms with E-state index in [0.717, 1.165) is 24.9 Å². The minimum Gasteiger partial charge on any atom is -0.383 e. The van der Waals surface area contributed by atoms with Crippen LogP contribution in [0.2, 0.25) is 0 Å². The molecule has 92 valence electrons. The number of piperidine rings is 1. The second kappa shape index (κ2) is 4.11. The van der Waals surface area contributed by atoms with Crippen LogP contribution in [-0.4, -0.2) is 29.1 Å². The first kappa shape index (κ1) is 11.2. The van der Waals surface area contributed by atoms with E-state index in [-0.39, 0.29) is 0 Å². The zero-order valence-electron chi connectivity index (χ0n) is 10.5. The van der Waals surface area contributed by atoms with Crippen LogP contribution in [0.15, 0.2) is 24.3 Å². The monoisotopic (exact) mass is 231 g/mol. The fourth-order valence-electron chi connectivity index (χ4n) is 3.53. The second-order valence-corrected chi connectivity index (χ2v) is 5.59. The van der Waals surface area contributed by atoms with Gasteiger partial charge in [0.25, 0.3) is 0 Å². The molecule has 2 nitrogen and oxygen atoms in total. The predicted octanol–water partition coefficient (Wildman–Crippen LogP) is 2.44. The third kappa shape index (κ3) is 1.80. The van der Waals surface area contributed by atoms with Crippen LogP contribution in [0, 0.1) is 6.92 Å². The number of aryl methyl sites for hydroxylation is 1. The van der Waals surface area contributed by atoms with Gasteiger partial charge in [0, 0.05) is 12.6 Å². The molecule has 0 aliphatic carbocycles. The van der Waals surface area contributed by atoms with Crippen molar-refractivity contribution in [3.63, 3.8) is 0 Å². The van der Waals surface area contributed by atoms with Crippen LogP contribution in [0.5, 0.6) is 0 Å². The van der Waals surface area contributed by atoms with Crippen LogP contribution in [0.1, 0.15) is 36.8 Å². The van der Waals surface area contributed by atoms with Crippen molar-refractivity contribution in [3.8, 4) is 0 Å². The summed E-state index contributed by atoms with van der Waals surface area (Å²) >= 11 is 0. The molecule has 1 N–H and O–H groups in total. The zero-order chi connectivity index (χ0) is 11.9. The average Bonchev–Trinajstić information content (AvgIpc) is 2.69. The zero-order valence-corrected chi connectivity index (χ0v) is 10.5. The van der Waals surface area contributed by atoms with E-state index < -0.39 is 5.60 Å². The number of fused-ring (bicyclic) bond motifs is 1. The molecule has 1 aromatic carbocycles. The van der Waals surface area contributed by atoms with Crippen molar-refractivity contribution in [1.29, 1.82) is 0 Å². The highest BCUT2D eigenvalue weighted by Crippen LogP contribution is 2.42. The normalized spacial score (nSPS) is 33.6. The summed E-state index contributed by atoms with van der Waals surface area (Å²) in [6.07, 6.45) is 4.58. The fraction of sp³-hybridized carbons (Fsp3) is 0.600. The number of aliphatic hydroxyl groups is 1. The summed E-state index contributed by atoms with van der Waals surface area (Å²) < 4.78 is 0. The van der Waals surface area contributed by atoms with Crippen molar-refractivity contribution < 1.29 is 5.11 Å². The van der Waals surface area contributed by atoms with Gasteiger partial charge in [-0.25, -0.2) is 0 Å². The molecule has 17 heavy (non-hydrogen) atoms. The topological polar surface area (TPSA) is 23.5 Å². The Morgan fingerprint density at radius 1 is 1.29 bits per heavy atom. The predicted molar refractivity (Wildman–Crippen MR) is 68.9 cm³/mol. The minimum absolute atomic E-state index is 0.345. The molecule has 2 heteroatoms. The molecule has 0 spiro atoms. The lowest BCUT2D eigenvalue weighted by molar-refractivity contribution is -0.0138. The van der Waals surface area contributed by atoms with Gasteiger partial charge < -0.3 is 5.11 Å². The first-order chi connectivity index (χ1) is 8.20. The van der Waals surface area contributed by atoms with Crippen LogP contribution in [0.25, 0.3) is 0 Å². The summed E-state index contributed by atoms with van der Waals surface area (Å²) in [6, 6.07) is 8.75. The van der Waals surface area contributed by atoms with Crippen molar-refractivity contribution in [2.75, 3.05) is 13.1 Å². The number of hydrogen-bond donors (Lipinski definition) is 1. The van der Waals surface area contributed by atoms with E-state index in [9.17, 15) is 5.11 Å². The molecule has 0 bridgehead atoms. The Hall–Kier alpha value is -0.860. The number of nitrogens with zero attached hydrogens (tertiary/aromatic N) is 1. The van der Waals surface area contributed by atoms with Gasteiger partial charge in [-0.2, -0.15) is 0 Å². The molecule has 2 atom stereocenters. The Balaban J connectivity index is 1.95. The lowest BCUT2D eigenvalue weighted by Crippen LogP contribution is -2.45. The van der Waals surface area contributed by atoms with Gasteiger partial charge in [-0.05, 0) is 38.3 Å². The van der Waals surface area contributed by atoms with Crippen LogP contribution in [0.3, 0.4) is 0 Å². The Bertz CT molecular complexity index is 417. The first-order valence-electron chi connectivity index (χ1n) is 6.74. The highest BCUT2D eigenvalue weighted by Gasteiger charge is 2.47. The standard InChI is InChI=1S/C15H21NO/c1-12-5-4-6-13(11-12)15(17)8-10-16-9-3-2-7-14(15)16/h4-6,11,14,17H,2-3,7-10H2,1H3/t14-,15+/m0/s1. The lowest BCUT2D eigenvalue weighted by atomic mass is 9.82. The molecule has 0 saturated carbocycles. The van der Waals surface area contributed by atoms with Crippen molar-refractivity contribution in [1.82, 2.24) is 4.90 Å². The quantitative estimate of drug-likeness (QED) is 0.802. The van der Waals surface area contributed by atoms with E-state index in [1.54, 1.807) is 0 Å².